The molecule has 0 N–H and O–H groups in total. The number of rotatable bonds is 2. The fourth-order valence-corrected chi connectivity index (χ4v) is 6.56. The molecule has 0 spiro atoms. The minimum absolute atomic E-state index is 0. The molecule has 3 heteroatoms. The van der Waals surface area contributed by atoms with Crippen molar-refractivity contribution in [3.63, 3.8) is 0 Å². The summed E-state index contributed by atoms with van der Waals surface area (Å²) in [5.74, 6) is 0.149. The molecule has 0 fully saturated rings. The Bertz CT molecular complexity index is 2010. The van der Waals surface area contributed by atoms with E-state index in [9.17, 15) is 5.11 Å². The Hall–Kier alpha value is -3.84. The predicted molar refractivity (Wildman–Crippen MR) is 217 cm³/mol. The van der Waals surface area contributed by atoms with Crippen molar-refractivity contribution in [2.75, 3.05) is 0 Å². The summed E-state index contributed by atoms with van der Waals surface area (Å²) in [6, 6.07) is 54.6. The second-order valence-electron chi connectivity index (χ2n) is 16.1. The van der Waals surface area contributed by atoms with E-state index in [1.165, 1.54) is 71.2 Å². The van der Waals surface area contributed by atoms with Crippen LogP contribution in [0.4, 0.5) is 0 Å². The monoisotopic (exact) mass is 782 g/mol. The smallest absolute Gasteiger partial charge is 0.0771 e. The van der Waals surface area contributed by atoms with Crippen molar-refractivity contribution in [1.29, 1.82) is 0 Å². The fourth-order valence-electron chi connectivity index (χ4n) is 5.74. The summed E-state index contributed by atoms with van der Waals surface area (Å²) >= 11 is 1.46. The number of hydrogen-bond donors (Lipinski definition) is 0. The second kappa shape index (κ2) is 18.8. The Morgan fingerprint density at radius 3 is 1.35 bits per heavy atom. The third kappa shape index (κ3) is 12.1. The van der Waals surface area contributed by atoms with Crippen LogP contribution in [0.2, 0.25) is 0 Å². The number of benzene rings is 5. The molecule has 52 heavy (non-hydrogen) atoms. The number of halogens is 1. The molecule has 1 nitrogen and oxygen atoms in total. The third-order valence-electron chi connectivity index (χ3n) is 8.83. The zero-order valence-corrected chi connectivity index (χ0v) is 35.5. The first-order valence-corrected chi connectivity index (χ1v) is 19.1. The summed E-state index contributed by atoms with van der Waals surface area (Å²) < 4.78 is 1.42. The van der Waals surface area contributed by atoms with Crippen LogP contribution in [0.3, 0.4) is 0 Å². The second-order valence-corrected chi connectivity index (χ2v) is 17.3. The molecule has 0 aliphatic rings. The maximum atomic E-state index is 11.7. The van der Waals surface area contributed by atoms with Gasteiger partial charge in [0.05, 0.1) is 0 Å². The van der Waals surface area contributed by atoms with Crippen LogP contribution in [0.1, 0.15) is 90.1 Å². The average molecular weight is 785 g/mol. The molecule has 0 bridgehead atoms. The predicted octanol–water partition coefficient (Wildman–Crippen LogP) is 9.58. The van der Waals surface area contributed by atoms with E-state index in [-0.39, 0.29) is 29.0 Å². The zero-order chi connectivity index (χ0) is 37.2. The van der Waals surface area contributed by atoms with E-state index in [0.717, 1.165) is 5.56 Å². The molecular formula is C49H53ClOZr-2. The molecular weight excluding hydrogens is 731 g/mol. The van der Waals surface area contributed by atoms with Gasteiger partial charge in [-0.2, -0.15) is 23.8 Å². The minimum Gasteiger partial charge on any atom is -0.126 e. The molecule has 0 amide bonds. The van der Waals surface area contributed by atoms with E-state index < -0.39 is 0 Å². The van der Waals surface area contributed by atoms with Gasteiger partial charge in [-0.25, -0.2) is 6.07 Å². The first kappa shape index (κ1) is 42.6. The van der Waals surface area contributed by atoms with Crippen molar-refractivity contribution in [3.8, 4) is 5.75 Å². The Balaban J connectivity index is 0.000000188. The molecule has 0 aromatic heterocycles. The molecule has 0 saturated heterocycles. The summed E-state index contributed by atoms with van der Waals surface area (Å²) in [6.07, 6.45) is 0. The van der Waals surface area contributed by atoms with Gasteiger partial charge in [-0.3, -0.25) is 0 Å². The van der Waals surface area contributed by atoms with Crippen LogP contribution in [0, 0.1) is 0 Å². The van der Waals surface area contributed by atoms with E-state index in [2.05, 4.69) is 208 Å². The van der Waals surface area contributed by atoms with Gasteiger partial charge in [0.15, 0.2) is 0 Å². The standard InChI is InChI=1S/C14H22O.C13H9.C13H10.C9H13.ClH.Zr/c1-13(2,3)10-7-8-12(15)11(9-10)14(4,5)6;1-3-7-12-10(5-1)9-11-6-2-4-8-13(11)12;1-3-7-12(8-4-1)11-13-9-5-2-6-10-13;1-9(2,3)8-6-4-5-7-8;;/h7-9,15H,1-6H3;1-9H;1-10H;4-7H,1-3H3;1H;/q;-1;;-1;;+2/p-2. The summed E-state index contributed by atoms with van der Waals surface area (Å²) in [5, 5.41) is 17.1. The van der Waals surface area contributed by atoms with Gasteiger partial charge in [-0.15, -0.1) is 45.5 Å². The van der Waals surface area contributed by atoms with Crippen LogP contribution in [-0.4, -0.2) is 3.21 Å². The molecule has 0 saturated carbocycles. The quantitative estimate of drug-likeness (QED) is 0.160. The zero-order valence-electron chi connectivity index (χ0n) is 32.3. The molecule has 7 aromatic rings. The molecule has 7 aromatic carbocycles. The van der Waals surface area contributed by atoms with Gasteiger partial charge < -0.3 is 17.5 Å². The average Bonchev–Trinajstić information content (AvgIpc) is 3.78. The number of hydrogen-bond acceptors (Lipinski definition) is 1. The first-order valence-electron chi connectivity index (χ1n) is 17.8. The van der Waals surface area contributed by atoms with E-state index in [0.29, 0.717) is 5.41 Å². The van der Waals surface area contributed by atoms with Gasteiger partial charge in [-0.1, -0.05) is 128 Å². The largest absolute Gasteiger partial charge is 0.126 e. The van der Waals surface area contributed by atoms with Crippen molar-refractivity contribution >= 4 is 24.8 Å². The maximum Gasteiger partial charge on any atom is -0.0771 e. The van der Waals surface area contributed by atoms with Crippen LogP contribution in [0.25, 0.3) is 21.5 Å². The third-order valence-corrected chi connectivity index (χ3v) is 10.2. The van der Waals surface area contributed by atoms with Gasteiger partial charge in [-0.05, 0) is 16.4 Å². The normalized spacial score (nSPS) is 11.2. The van der Waals surface area contributed by atoms with Crippen molar-refractivity contribution in [3.05, 3.63) is 186 Å². The van der Waals surface area contributed by atoms with Crippen molar-refractivity contribution in [1.82, 2.24) is 0 Å². The SMILES string of the molecule is CC(C)(C)c1cc[cH-]c1.CC(C)(C)c1ccc([O-])c(C(C)(C)C)c1.[Cl-].[Zr+2]=[C](c1ccccc1)c1ccccc1.c1ccc2c(c1)[cH-]c1ccccc12. The number of fused-ring (bicyclic) bond motifs is 3. The van der Waals surface area contributed by atoms with Crippen molar-refractivity contribution < 1.29 is 41.7 Å². The molecule has 0 aliphatic carbocycles. The van der Waals surface area contributed by atoms with E-state index >= 15 is 0 Å². The first-order chi connectivity index (χ1) is 24.1. The Morgan fingerprint density at radius 1 is 0.519 bits per heavy atom. The Kier molecular flexibility index (Phi) is 15.4. The van der Waals surface area contributed by atoms with Gasteiger partial charge in [0.25, 0.3) is 0 Å². The molecule has 0 atom stereocenters. The Labute approximate surface area is 334 Å². The van der Waals surface area contributed by atoms with Crippen LogP contribution in [-0.2, 0) is 40.5 Å². The Morgan fingerprint density at radius 2 is 0.962 bits per heavy atom. The maximum absolute atomic E-state index is 11.7. The van der Waals surface area contributed by atoms with Gasteiger partial charge >= 0.3 is 99.2 Å². The van der Waals surface area contributed by atoms with E-state index in [1.54, 1.807) is 6.07 Å². The molecule has 0 unspecified atom stereocenters. The van der Waals surface area contributed by atoms with Gasteiger partial charge in [0, 0.05) is 0 Å². The van der Waals surface area contributed by atoms with E-state index in [1.807, 2.05) is 6.07 Å². The van der Waals surface area contributed by atoms with Crippen molar-refractivity contribution in [2.45, 2.75) is 78.6 Å². The molecule has 268 valence electrons. The minimum atomic E-state index is -0.0711. The van der Waals surface area contributed by atoms with Crippen LogP contribution >= 0.6 is 0 Å². The molecule has 0 heterocycles. The summed E-state index contributed by atoms with van der Waals surface area (Å²) in [5.41, 5.74) is 6.58. The fraction of sp³-hybridized carbons (Fsp3) is 0.245. The van der Waals surface area contributed by atoms with Crippen LogP contribution < -0.4 is 17.5 Å². The molecule has 7 rings (SSSR count). The van der Waals surface area contributed by atoms with Crippen LogP contribution in [0.15, 0.2) is 158 Å². The van der Waals surface area contributed by atoms with Crippen LogP contribution in [0.5, 0.6) is 5.75 Å². The molecule has 0 aliphatic heterocycles. The summed E-state index contributed by atoms with van der Waals surface area (Å²) in [7, 11) is 0. The van der Waals surface area contributed by atoms with E-state index in [4.69, 9.17) is 0 Å². The van der Waals surface area contributed by atoms with Gasteiger partial charge in [0.1, 0.15) is 0 Å². The van der Waals surface area contributed by atoms with Crippen molar-refractivity contribution in [2.24, 2.45) is 0 Å². The molecule has 0 radical (unpaired) electrons. The summed E-state index contributed by atoms with van der Waals surface area (Å²) in [6.45, 7) is 19.4. The van der Waals surface area contributed by atoms with Gasteiger partial charge in [0.2, 0.25) is 0 Å². The topological polar surface area (TPSA) is 23.1 Å². The summed E-state index contributed by atoms with van der Waals surface area (Å²) in [4.78, 5) is 0.